The number of carbonyl (C=O) groups excluding carboxylic acids is 1. The Bertz CT molecular complexity index is 462. The quantitative estimate of drug-likeness (QED) is 0.753. The molecule has 1 aromatic rings. The lowest BCUT2D eigenvalue weighted by atomic mass is 9.71. The van der Waals surface area contributed by atoms with Gasteiger partial charge in [-0.15, -0.1) is 0 Å². The average Bonchev–Trinajstić information content (AvgIpc) is 2.29. The first-order chi connectivity index (χ1) is 8.89. The van der Waals surface area contributed by atoms with Crippen molar-refractivity contribution >= 4 is 6.29 Å². The Morgan fingerprint density at radius 1 is 1.32 bits per heavy atom. The molecule has 2 atom stereocenters. The van der Waals surface area contributed by atoms with Crippen molar-refractivity contribution in [1.82, 2.24) is 0 Å². The number of carbonyl (C=O) groups is 1. The van der Waals surface area contributed by atoms with Gasteiger partial charge in [-0.2, -0.15) is 0 Å². The molecular weight excluding hydrogens is 236 g/mol. The van der Waals surface area contributed by atoms with E-state index in [0.29, 0.717) is 16.9 Å². The van der Waals surface area contributed by atoms with Crippen molar-refractivity contribution < 1.29 is 9.53 Å². The smallest absolute Gasteiger partial charge is 0.150 e. The van der Waals surface area contributed by atoms with Gasteiger partial charge in [-0.05, 0) is 49.1 Å². The van der Waals surface area contributed by atoms with E-state index in [1.165, 1.54) is 6.42 Å². The minimum absolute atomic E-state index is 0.263. The summed E-state index contributed by atoms with van der Waals surface area (Å²) >= 11 is 0. The van der Waals surface area contributed by atoms with Gasteiger partial charge in [0.15, 0.2) is 0 Å². The summed E-state index contributed by atoms with van der Waals surface area (Å²) in [7, 11) is 0. The standard InChI is InChI=1S/C17H24O2/c1-12-7-15(10-17(3,4)9-12)19-16-8-14(11-18)6-5-13(16)2/h5-6,8,11-12,15H,7,9-10H2,1-4H3. The van der Waals surface area contributed by atoms with E-state index in [2.05, 4.69) is 20.8 Å². The van der Waals surface area contributed by atoms with Crippen LogP contribution in [0.2, 0.25) is 0 Å². The second-order valence-corrected chi connectivity index (χ2v) is 6.80. The first kappa shape index (κ1) is 14.1. The Morgan fingerprint density at radius 2 is 2.05 bits per heavy atom. The van der Waals surface area contributed by atoms with E-state index in [0.717, 1.165) is 30.4 Å². The van der Waals surface area contributed by atoms with Crippen LogP contribution in [0.25, 0.3) is 0 Å². The fourth-order valence-corrected chi connectivity index (χ4v) is 3.34. The number of benzene rings is 1. The third-order valence-corrected chi connectivity index (χ3v) is 3.99. The van der Waals surface area contributed by atoms with Crippen LogP contribution in [0.15, 0.2) is 18.2 Å². The fourth-order valence-electron chi connectivity index (χ4n) is 3.34. The molecule has 2 unspecified atom stereocenters. The van der Waals surface area contributed by atoms with Crippen molar-refractivity contribution in [1.29, 1.82) is 0 Å². The molecule has 19 heavy (non-hydrogen) atoms. The second-order valence-electron chi connectivity index (χ2n) is 6.80. The molecule has 0 heterocycles. The molecular formula is C17H24O2. The van der Waals surface area contributed by atoms with Crippen LogP contribution in [0, 0.1) is 18.3 Å². The summed E-state index contributed by atoms with van der Waals surface area (Å²) in [6, 6.07) is 5.65. The van der Waals surface area contributed by atoms with Gasteiger partial charge in [-0.25, -0.2) is 0 Å². The first-order valence-electron chi connectivity index (χ1n) is 7.12. The molecule has 104 valence electrons. The molecule has 0 aliphatic heterocycles. The molecule has 2 rings (SSSR count). The zero-order chi connectivity index (χ0) is 14.0. The van der Waals surface area contributed by atoms with Crippen molar-refractivity contribution in [3.63, 3.8) is 0 Å². The number of ether oxygens (including phenoxy) is 1. The van der Waals surface area contributed by atoms with Crippen LogP contribution in [0.4, 0.5) is 0 Å². The number of rotatable bonds is 3. The molecule has 2 nitrogen and oxygen atoms in total. The maximum atomic E-state index is 10.9. The molecule has 1 aromatic carbocycles. The van der Waals surface area contributed by atoms with Crippen LogP contribution >= 0.6 is 0 Å². The SMILES string of the molecule is Cc1ccc(C=O)cc1OC1CC(C)CC(C)(C)C1. The maximum Gasteiger partial charge on any atom is 0.150 e. The van der Waals surface area contributed by atoms with Gasteiger partial charge in [-0.1, -0.05) is 32.9 Å². The van der Waals surface area contributed by atoms with Crippen LogP contribution in [-0.4, -0.2) is 12.4 Å². The maximum absolute atomic E-state index is 10.9. The summed E-state index contributed by atoms with van der Waals surface area (Å²) < 4.78 is 6.18. The molecule has 1 saturated carbocycles. The van der Waals surface area contributed by atoms with E-state index in [9.17, 15) is 4.79 Å². The molecule has 0 saturated heterocycles. The van der Waals surface area contributed by atoms with Crippen molar-refractivity contribution in [2.75, 3.05) is 0 Å². The lowest BCUT2D eigenvalue weighted by Crippen LogP contribution is -2.34. The zero-order valence-electron chi connectivity index (χ0n) is 12.4. The Balaban J connectivity index is 2.14. The van der Waals surface area contributed by atoms with Crippen LogP contribution in [0.5, 0.6) is 5.75 Å². The molecule has 2 heteroatoms. The van der Waals surface area contributed by atoms with E-state index in [-0.39, 0.29) is 6.10 Å². The van der Waals surface area contributed by atoms with Gasteiger partial charge in [0.05, 0.1) is 6.10 Å². The lowest BCUT2D eigenvalue weighted by molar-refractivity contribution is 0.0557. The van der Waals surface area contributed by atoms with Gasteiger partial charge in [0.25, 0.3) is 0 Å². The van der Waals surface area contributed by atoms with Gasteiger partial charge in [0, 0.05) is 5.56 Å². The monoisotopic (exact) mass is 260 g/mol. The summed E-state index contributed by atoms with van der Waals surface area (Å²) in [5, 5.41) is 0. The topological polar surface area (TPSA) is 26.3 Å². The van der Waals surface area contributed by atoms with Crippen molar-refractivity contribution in [2.45, 2.75) is 53.1 Å². The van der Waals surface area contributed by atoms with Gasteiger partial charge in [0.1, 0.15) is 12.0 Å². The summed E-state index contributed by atoms with van der Waals surface area (Å²) in [5.41, 5.74) is 2.13. The second kappa shape index (κ2) is 5.36. The van der Waals surface area contributed by atoms with Gasteiger partial charge >= 0.3 is 0 Å². The molecule has 0 aromatic heterocycles. The summed E-state index contributed by atoms with van der Waals surface area (Å²) in [6.07, 6.45) is 4.59. The van der Waals surface area contributed by atoms with E-state index < -0.39 is 0 Å². The molecule has 0 radical (unpaired) electrons. The van der Waals surface area contributed by atoms with Crippen LogP contribution < -0.4 is 4.74 Å². The molecule has 1 aliphatic rings. The van der Waals surface area contributed by atoms with Crippen molar-refractivity contribution in [3.8, 4) is 5.75 Å². The minimum Gasteiger partial charge on any atom is -0.490 e. The van der Waals surface area contributed by atoms with E-state index in [4.69, 9.17) is 4.74 Å². The number of hydrogen-bond donors (Lipinski definition) is 0. The number of aldehydes is 1. The third kappa shape index (κ3) is 3.59. The summed E-state index contributed by atoms with van der Waals surface area (Å²) in [5.74, 6) is 1.56. The molecule has 1 aliphatic carbocycles. The normalized spacial score (nSPS) is 25.9. The van der Waals surface area contributed by atoms with Gasteiger partial charge in [0.2, 0.25) is 0 Å². The molecule has 1 fully saturated rings. The summed E-state index contributed by atoms with van der Waals surface area (Å²) in [6.45, 7) is 8.95. The van der Waals surface area contributed by atoms with Crippen molar-refractivity contribution in [3.05, 3.63) is 29.3 Å². The highest BCUT2D eigenvalue weighted by Crippen LogP contribution is 2.40. The Morgan fingerprint density at radius 3 is 2.68 bits per heavy atom. The van der Waals surface area contributed by atoms with E-state index in [1.54, 1.807) is 0 Å². The highest BCUT2D eigenvalue weighted by molar-refractivity contribution is 5.75. The highest BCUT2D eigenvalue weighted by atomic mass is 16.5. The number of aryl methyl sites for hydroxylation is 1. The Kier molecular flexibility index (Phi) is 3.98. The predicted molar refractivity (Wildman–Crippen MR) is 77.8 cm³/mol. The van der Waals surface area contributed by atoms with Crippen molar-refractivity contribution in [2.24, 2.45) is 11.3 Å². The fraction of sp³-hybridized carbons (Fsp3) is 0.588. The van der Waals surface area contributed by atoms with Crippen LogP contribution in [0.3, 0.4) is 0 Å². The van der Waals surface area contributed by atoms with Gasteiger partial charge < -0.3 is 4.74 Å². The predicted octanol–water partition coefficient (Wildman–Crippen LogP) is 4.40. The average molecular weight is 260 g/mol. The van der Waals surface area contributed by atoms with Gasteiger partial charge in [-0.3, -0.25) is 4.79 Å². The lowest BCUT2D eigenvalue weighted by Gasteiger charge is -2.39. The first-order valence-corrected chi connectivity index (χ1v) is 7.12. The summed E-state index contributed by atoms with van der Waals surface area (Å²) in [4.78, 5) is 10.9. The molecule has 0 bridgehead atoms. The Labute approximate surface area is 116 Å². The third-order valence-electron chi connectivity index (χ3n) is 3.99. The molecule has 0 spiro atoms. The van der Waals surface area contributed by atoms with Crippen LogP contribution in [-0.2, 0) is 0 Å². The molecule has 0 amide bonds. The Hall–Kier alpha value is -1.31. The highest BCUT2D eigenvalue weighted by Gasteiger charge is 2.33. The zero-order valence-corrected chi connectivity index (χ0v) is 12.4. The molecule has 0 N–H and O–H groups in total. The van der Waals surface area contributed by atoms with E-state index >= 15 is 0 Å². The minimum atomic E-state index is 0.263. The number of hydrogen-bond acceptors (Lipinski definition) is 2. The van der Waals surface area contributed by atoms with E-state index in [1.807, 2.05) is 25.1 Å². The van der Waals surface area contributed by atoms with Crippen LogP contribution in [0.1, 0.15) is 56.0 Å². The largest absolute Gasteiger partial charge is 0.490 e.